The lowest BCUT2D eigenvalue weighted by Gasteiger charge is -2.13. The topological polar surface area (TPSA) is 58.2 Å². The summed E-state index contributed by atoms with van der Waals surface area (Å²) in [5, 5.41) is 2.12. The van der Waals surface area contributed by atoms with Crippen molar-refractivity contribution in [1.29, 1.82) is 0 Å². The Balaban J connectivity index is 1.90. The van der Waals surface area contributed by atoms with Crippen molar-refractivity contribution in [1.82, 2.24) is 14.9 Å². The van der Waals surface area contributed by atoms with Crippen LogP contribution in [0.25, 0.3) is 33.1 Å². The molecule has 0 fully saturated rings. The fraction of sp³-hybridized carbons (Fsp3) is 0.250. The van der Waals surface area contributed by atoms with Gasteiger partial charge in [0.25, 0.3) is 5.91 Å². The van der Waals surface area contributed by atoms with Crippen molar-refractivity contribution < 1.29 is 9.53 Å². The van der Waals surface area contributed by atoms with Gasteiger partial charge in [-0.25, -0.2) is 4.98 Å². The molecule has 2 aromatic carbocycles. The SMILES string of the molecule is CCSc1cccc(-c2ccc(OCC(=O)N(C)C)c3[nH]c4ncc(C)cc4c23)c1. The molecule has 0 aliphatic rings. The van der Waals surface area contributed by atoms with Gasteiger partial charge in [-0.1, -0.05) is 19.1 Å². The molecule has 2 heterocycles. The van der Waals surface area contributed by atoms with Crippen molar-refractivity contribution in [3.8, 4) is 16.9 Å². The molecular weight excluding hydrogens is 394 g/mol. The van der Waals surface area contributed by atoms with Crippen LogP contribution in [0, 0.1) is 6.92 Å². The molecule has 2 aromatic heterocycles. The van der Waals surface area contributed by atoms with E-state index in [1.165, 1.54) is 9.80 Å². The number of carbonyl (C=O) groups is 1. The molecule has 0 radical (unpaired) electrons. The van der Waals surface area contributed by atoms with Crippen LogP contribution in [0.15, 0.2) is 53.6 Å². The number of hydrogen-bond acceptors (Lipinski definition) is 4. The number of likely N-dealkylation sites (N-methyl/N-ethyl adjacent to an activating group) is 1. The Morgan fingerprint density at radius 3 is 2.80 bits per heavy atom. The summed E-state index contributed by atoms with van der Waals surface area (Å²) in [5.74, 6) is 1.60. The van der Waals surface area contributed by atoms with Gasteiger partial charge < -0.3 is 14.6 Å². The standard InChI is InChI=1S/C24H25N3O2S/c1-5-30-17-8-6-7-16(12-17)18-9-10-20(29-14-21(28)27(3)4)23-22(18)19-11-15(2)13-25-24(19)26-23/h6-13H,5,14H2,1-4H3,(H,25,26). The summed E-state index contributed by atoms with van der Waals surface area (Å²) in [6.45, 7) is 4.19. The summed E-state index contributed by atoms with van der Waals surface area (Å²) in [5.41, 5.74) is 5.04. The van der Waals surface area contributed by atoms with Crippen LogP contribution in [0.4, 0.5) is 0 Å². The maximum absolute atomic E-state index is 12.0. The molecule has 30 heavy (non-hydrogen) atoms. The Bertz CT molecular complexity index is 1230. The molecule has 0 bridgehead atoms. The largest absolute Gasteiger partial charge is 0.482 e. The van der Waals surface area contributed by atoms with Gasteiger partial charge >= 0.3 is 0 Å². The number of H-pyrrole nitrogens is 1. The minimum Gasteiger partial charge on any atom is -0.482 e. The zero-order chi connectivity index (χ0) is 21.3. The molecule has 4 aromatic rings. The van der Waals surface area contributed by atoms with E-state index in [-0.39, 0.29) is 12.5 Å². The van der Waals surface area contributed by atoms with Crippen LogP contribution in [-0.2, 0) is 4.79 Å². The van der Waals surface area contributed by atoms with E-state index < -0.39 is 0 Å². The van der Waals surface area contributed by atoms with E-state index in [2.05, 4.69) is 53.3 Å². The molecular formula is C24H25N3O2S. The van der Waals surface area contributed by atoms with E-state index in [0.717, 1.165) is 44.4 Å². The minimum absolute atomic E-state index is 0.00804. The smallest absolute Gasteiger partial charge is 0.259 e. The molecule has 0 spiro atoms. The summed E-state index contributed by atoms with van der Waals surface area (Å²) >= 11 is 1.83. The Labute approximate surface area is 180 Å². The maximum Gasteiger partial charge on any atom is 0.259 e. The molecule has 154 valence electrons. The first-order valence-corrected chi connectivity index (χ1v) is 10.9. The van der Waals surface area contributed by atoms with Crippen LogP contribution in [0.3, 0.4) is 0 Å². The molecule has 0 aliphatic carbocycles. The second-order valence-electron chi connectivity index (χ2n) is 7.43. The number of carbonyl (C=O) groups excluding carboxylic acids is 1. The molecule has 0 saturated heterocycles. The van der Waals surface area contributed by atoms with Gasteiger partial charge in [0, 0.05) is 36.0 Å². The third kappa shape index (κ3) is 3.87. The number of ether oxygens (including phenoxy) is 1. The average Bonchev–Trinajstić information content (AvgIpc) is 3.11. The molecule has 0 atom stereocenters. The average molecular weight is 420 g/mol. The van der Waals surface area contributed by atoms with E-state index in [1.807, 2.05) is 30.9 Å². The van der Waals surface area contributed by atoms with Crippen LogP contribution in [0.2, 0.25) is 0 Å². The Kier molecular flexibility index (Phi) is 5.68. The van der Waals surface area contributed by atoms with Crippen LogP contribution < -0.4 is 4.74 Å². The first-order chi connectivity index (χ1) is 14.5. The van der Waals surface area contributed by atoms with Gasteiger partial charge in [-0.05, 0) is 59.7 Å². The highest BCUT2D eigenvalue weighted by Crippen LogP contribution is 2.39. The summed E-state index contributed by atoms with van der Waals surface area (Å²) in [6, 6.07) is 14.7. The minimum atomic E-state index is -0.0819. The third-order valence-electron chi connectivity index (χ3n) is 5.01. The second-order valence-corrected chi connectivity index (χ2v) is 8.77. The number of nitrogens with zero attached hydrogens (tertiary/aromatic N) is 2. The molecule has 6 heteroatoms. The first kappa shape index (κ1) is 20.3. The summed E-state index contributed by atoms with van der Waals surface area (Å²) in [7, 11) is 3.45. The van der Waals surface area contributed by atoms with Crippen molar-refractivity contribution in [2.24, 2.45) is 0 Å². The van der Waals surface area contributed by atoms with Crippen molar-refractivity contribution >= 4 is 39.6 Å². The van der Waals surface area contributed by atoms with Crippen LogP contribution in [0.1, 0.15) is 12.5 Å². The molecule has 0 aliphatic heterocycles. The highest BCUT2D eigenvalue weighted by atomic mass is 32.2. The van der Waals surface area contributed by atoms with Crippen molar-refractivity contribution in [3.63, 3.8) is 0 Å². The Hall–Kier alpha value is -2.99. The predicted octanol–water partition coefficient (Wildman–Crippen LogP) is 5.27. The number of nitrogens with one attached hydrogen (secondary N) is 1. The number of aryl methyl sites for hydroxylation is 1. The Morgan fingerprint density at radius 2 is 2.03 bits per heavy atom. The number of aromatic amines is 1. The third-order valence-corrected chi connectivity index (χ3v) is 5.89. The van der Waals surface area contributed by atoms with E-state index in [0.29, 0.717) is 5.75 Å². The fourth-order valence-corrected chi connectivity index (χ4v) is 4.23. The van der Waals surface area contributed by atoms with Gasteiger partial charge in [0.1, 0.15) is 11.4 Å². The summed E-state index contributed by atoms with van der Waals surface area (Å²) in [4.78, 5) is 22.8. The number of aromatic nitrogens is 2. The van der Waals surface area contributed by atoms with E-state index >= 15 is 0 Å². The number of amides is 1. The number of rotatable bonds is 6. The summed E-state index contributed by atoms with van der Waals surface area (Å²) in [6.07, 6.45) is 1.85. The van der Waals surface area contributed by atoms with Crippen LogP contribution in [0.5, 0.6) is 5.75 Å². The highest BCUT2D eigenvalue weighted by Gasteiger charge is 2.17. The molecule has 1 N–H and O–H groups in total. The lowest BCUT2D eigenvalue weighted by molar-refractivity contribution is -0.130. The van der Waals surface area contributed by atoms with E-state index in [9.17, 15) is 4.79 Å². The first-order valence-electron chi connectivity index (χ1n) is 9.95. The number of thioether (sulfide) groups is 1. The van der Waals surface area contributed by atoms with Crippen molar-refractivity contribution in [2.45, 2.75) is 18.7 Å². The quantitative estimate of drug-likeness (QED) is 0.433. The van der Waals surface area contributed by atoms with Gasteiger partial charge in [0.2, 0.25) is 0 Å². The van der Waals surface area contributed by atoms with Gasteiger partial charge in [0.05, 0.1) is 5.52 Å². The second kappa shape index (κ2) is 8.40. The zero-order valence-corrected chi connectivity index (χ0v) is 18.5. The molecule has 0 saturated carbocycles. The number of hydrogen-bond donors (Lipinski definition) is 1. The zero-order valence-electron chi connectivity index (χ0n) is 17.7. The molecule has 0 unspecified atom stereocenters. The summed E-state index contributed by atoms with van der Waals surface area (Å²) < 4.78 is 5.90. The Morgan fingerprint density at radius 1 is 1.20 bits per heavy atom. The number of fused-ring (bicyclic) bond motifs is 3. The highest BCUT2D eigenvalue weighted by molar-refractivity contribution is 7.99. The molecule has 5 nitrogen and oxygen atoms in total. The van der Waals surface area contributed by atoms with Gasteiger partial charge in [-0.2, -0.15) is 0 Å². The van der Waals surface area contributed by atoms with Crippen molar-refractivity contribution in [3.05, 3.63) is 54.2 Å². The van der Waals surface area contributed by atoms with Gasteiger partial charge in [0.15, 0.2) is 6.61 Å². The normalized spacial score (nSPS) is 11.2. The maximum atomic E-state index is 12.0. The van der Waals surface area contributed by atoms with Crippen LogP contribution >= 0.6 is 11.8 Å². The predicted molar refractivity (Wildman–Crippen MR) is 124 cm³/mol. The van der Waals surface area contributed by atoms with Crippen molar-refractivity contribution in [2.75, 3.05) is 26.5 Å². The lowest BCUT2D eigenvalue weighted by Crippen LogP contribution is -2.27. The van der Waals surface area contributed by atoms with E-state index in [4.69, 9.17) is 4.74 Å². The monoisotopic (exact) mass is 419 g/mol. The fourth-order valence-electron chi connectivity index (χ4n) is 3.51. The number of benzene rings is 2. The van der Waals surface area contributed by atoms with Gasteiger partial charge in [-0.3, -0.25) is 4.79 Å². The molecule has 1 amide bonds. The lowest BCUT2D eigenvalue weighted by atomic mass is 9.99. The van der Waals surface area contributed by atoms with E-state index in [1.54, 1.807) is 14.1 Å². The number of pyridine rings is 1. The van der Waals surface area contributed by atoms with Crippen LogP contribution in [-0.4, -0.2) is 47.2 Å². The molecule has 4 rings (SSSR count). The van der Waals surface area contributed by atoms with Gasteiger partial charge in [-0.15, -0.1) is 11.8 Å².